The van der Waals surface area contributed by atoms with Crippen LogP contribution in [0.5, 0.6) is 0 Å². The molecule has 4 atom stereocenters. The van der Waals surface area contributed by atoms with Crippen molar-refractivity contribution in [3.8, 4) is 0 Å². The monoisotopic (exact) mass is 563 g/mol. The van der Waals surface area contributed by atoms with E-state index in [-0.39, 0.29) is 17.0 Å². The van der Waals surface area contributed by atoms with Crippen LogP contribution in [0.3, 0.4) is 0 Å². The zero-order valence-corrected chi connectivity index (χ0v) is 23.3. The fourth-order valence-electron chi connectivity index (χ4n) is 7.21. The fraction of sp³-hybridized carbons (Fsp3) is 0.516. The largest absolute Gasteiger partial charge is 0.386 e. The first-order valence-electron chi connectivity index (χ1n) is 14.9. The third-order valence-electron chi connectivity index (χ3n) is 9.17. The van der Waals surface area contributed by atoms with Crippen molar-refractivity contribution < 1.29 is 13.2 Å². The van der Waals surface area contributed by atoms with Crippen LogP contribution in [0.1, 0.15) is 61.7 Å². The molecule has 2 aromatic heterocycles. The van der Waals surface area contributed by atoms with Gasteiger partial charge < -0.3 is 15.5 Å². The van der Waals surface area contributed by atoms with Gasteiger partial charge in [-0.15, -0.1) is 0 Å². The van der Waals surface area contributed by atoms with Crippen molar-refractivity contribution in [2.45, 2.75) is 76.3 Å². The van der Waals surface area contributed by atoms with Crippen molar-refractivity contribution in [2.24, 2.45) is 0 Å². The van der Waals surface area contributed by atoms with E-state index >= 15 is 4.39 Å². The Hall–Kier alpha value is -3.24. The molecule has 2 N–H and O–H groups in total. The minimum Gasteiger partial charge on any atom is -0.386 e. The number of hydrogen-bond acceptors (Lipinski definition) is 7. The molecule has 7 nitrogen and oxygen atoms in total. The van der Waals surface area contributed by atoms with Gasteiger partial charge in [-0.05, 0) is 50.3 Å². The van der Waals surface area contributed by atoms with Gasteiger partial charge in [-0.2, -0.15) is 0 Å². The number of nitrogens with one attached hydrogen (secondary N) is 2. The number of fused-ring (bicyclic) bond motifs is 5. The van der Waals surface area contributed by atoms with Crippen LogP contribution in [0.4, 0.5) is 19.0 Å². The van der Waals surface area contributed by atoms with Gasteiger partial charge in [-0.25, -0.2) is 23.1 Å². The number of hydrogen-bond donors (Lipinski definition) is 2. The van der Waals surface area contributed by atoms with Gasteiger partial charge in [0.05, 0.1) is 5.39 Å². The number of halogens is 3. The van der Waals surface area contributed by atoms with Crippen LogP contribution in [-0.2, 0) is 13.0 Å². The molecule has 10 heteroatoms. The van der Waals surface area contributed by atoms with Gasteiger partial charge in [0.1, 0.15) is 34.8 Å². The Labute approximate surface area is 238 Å². The Morgan fingerprint density at radius 2 is 1.88 bits per heavy atom. The van der Waals surface area contributed by atoms with Crippen molar-refractivity contribution in [3.05, 3.63) is 64.9 Å². The second kappa shape index (κ2) is 10.9. The van der Waals surface area contributed by atoms with Gasteiger partial charge in [0.25, 0.3) is 0 Å². The highest BCUT2D eigenvalue weighted by Crippen LogP contribution is 2.36. The molecule has 0 amide bonds. The quantitative estimate of drug-likeness (QED) is 0.487. The van der Waals surface area contributed by atoms with Crippen LogP contribution in [0.25, 0.3) is 16.5 Å². The lowest BCUT2D eigenvalue weighted by atomic mass is 9.94. The van der Waals surface area contributed by atoms with E-state index in [2.05, 4.69) is 30.4 Å². The van der Waals surface area contributed by atoms with E-state index in [0.717, 1.165) is 50.3 Å². The maximum atomic E-state index is 15.9. The smallest absolute Gasteiger partial charge is 0.175 e. The summed E-state index contributed by atoms with van der Waals surface area (Å²) >= 11 is 0. The second-order valence-electron chi connectivity index (χ2n) is 11.9. The molecule has 5 aliphatic heterocycles. The molecule has 7 heterocycles. The van der Waals surface area contributed by atoms with Crippen LogP contribution in [-0.4, -0.2) is 70.3 Å². The minimum atomic E-state index is -0.539. The molecule has 4 fully saturated rings. The number of anilines is 1. The lowest BCUT2D eigenvalue weighted by Gasteiger charge is -2.34. The van der Waals surface area contributed by atoms with Crippen LogP contribution in [0, 0.1) is 11.6 Å². The Kier molecular flexibility index (Phi) is 7.06. The number of benzene rings is 1. The van der Waals surface area contributed by atoms with Crippen molar-refractivity contribution in [3.63, 3.8) is 0 Å². The Balaban J connectivity index is 0.000000260. The lowest BCUT2D eigenvalue weighted by molar-refractivity contribution is 0.292. The molecule has 5 aliphatic rings. The number of aryl methyl sites for hydroxylation is 1. The van der Waals surface area contributed by atoms with Crippen LogP contribution < -0.4 is 15.5 Å². The number of piperazine rings is 1. The molecule has 4 unspecified atom stereocenters. The first-order chi connectivity index (χ1) is 20.0. The Bertz CT molecular complexity index is 1470. The van der Waals surface area contributed by atoms with Crippen molar-refractivity contribution in [2.75, 3.05) is 31.1 Å². The predicted octanol–water partition coefficient (Wildman–Crippen LogP) is 4.49. The topological polar surface area (TPSA) is 69.2 Å². The molecule has 0 radical (unpaired) electrons. The average molecular weight is 564 g/mol. The summed E-state index contributed by atoms with van der Waals surface area (Å²) in [6, 6.07) is 6.37. The molecular formula is C31H36F3N7. The summed E-state index contributed by atoms with van der Waals surface area (Å²) < 4.78 is 43.2. The Morgan fingerprint density at radius 1 is 1.05 bits per heavy atom. The summed E-state index contributed by atoms with van der Waals surface area (Å²) in [6.07, 6.45) is 8.98. The maximum absolute atomic E-state index is 15.9. The molecule has 3 aromatic rings. The molecule has 2 bridgehead atoms. The first kappa shape index (κ1) is 26.6. The third kappa shape index (κ3) is 4.95. The highest BCUT2D eigenvalue weighted by molar-refractivity contribution is 5.93. The number of aromatic nitrogens is 3. The molecule has 0 spiro atoms. The van der Waals surface area contributed by atoms with Gasteiger partial charge in [-0.1, -0.05) is 19.1 Å². The fourth-order valence-corrected chi connectivity index (χ4v) is 7.21. The summed E-state index contributed by atoms with van der Waals surface area (Å²) in [5.74, 6) is 0.413. The molecule has 1 aromatic carbocycles. The van der Waals surface area contributed by atoms with Crippen molar-refractivity contribution in [1.82, 2.24) is 30.5 Å². The molecule has 0 saturated carbocycles. The van der Waals surface area contributed by atoms with Crippen LogP contribution in [0.15, 0.2) is 30.6 Å². The van der Waals surface area contributed by atoms with E-state index in [1.807, 2.05) is 13.0 Å². The molecule has 4 saturated heterocycles. The van der Waals surface area contributed by atoms with Crippen LogP contribution in [0.2, 0.25) is 0 Å². The molecule has 0 aliphatic carbocycles. The van der Waals surface area contributed by atoms with Crippen molar-refractivity contribution >= 4 is 22.3 Å². The minimum absolute atomic E-state index is 0.100. The summed E-state index contributed by atoms with van der Waals surface area (Å²) in [5, 5.41) is 7.33. The van der Waals surface area contributed by atoms with E-state index in [1.54, 1.807) is 18.5 Å². The first-order valence-corrected chi connectivity index (χ1v) is 14.9. The van der Waals surface area contributed by atoms with Gasteiger partial charge in [-0.3, -0.25) is 9.88 Å². The van der Waals surface area contributed by atoms with E-state index in [0.29, 0.717) is 60.0 Å². The lowest BCUT2D eigenvalue weighted by Crippen LogP contribution is -2.51. The van der Waals surface area contributed by atoms with E-state index in [1.165, 1.54) is 18.9 Å². The zero-order chi connectivity index (χ0) is 28.1. The van der Waals surface area contributed by atoms with Gasteiger partial charge in [0.2, 0.25) is 0 Å². The summed E-state index contributed by atoms with van der Waals surface area (Å²) in [7, 11) is 0. The van der Waals surface area contributed by atoms with Crippen molar-refractivity contribution in [1.29, 1.82) is 0 Å². The molecule has 216 valence electrons. The van der Waals surface area contributed by atoms with E-state index in [9.17, 15) is 8.78 Å². The van der Waals surface area contributed by atoms with Gasteiger partial charge in [0.15, 0.2) is 5.82 Å². The standard InChI is InChI=1S/C24H24F2N6.C7H12FN/c1-2-19-30-23-17(24(31-19)32-11-14-6-7-15(12-32)29-14)10-28-22(21(23)26)16-9-27-8-13-4-3-5-18(25)20(13)16;8-6-4-7-2-1-3-9(7)5-6/h3-5,9-10,14-15,27,29H,2,6-8,11-12H2,1H3;6-7H,1-5H2. The molecule has 8 rings (SSSR count). The average Bonchev–Trinajstić information content (AvgIpc) is 3.67. The highest BCUT2D eigenvalue weighted by Gasteiger charge is 2.35. The summed E-state index contributed by atoms with van der Waals surface area (Å²) in [5.41, 5.74) is 1.91. The number of rotatable bonds is 3. The van der Waals surface area contributed by atoms with Gasteiger partial charge >= 0.3 is 0 Å². The SMILES string of the molecule is CCc1nc(N2CC3CCC(C2)N3)c2cnc(C3=CNCc4cccc(F)c43)c(F)c2n1.FC1CC2CCCN2C1. The highest BCUT2D eigenvalue weighted by atomic mass is 19.1. The normalized spacial score (nSPS) is 26.7. The maximum Gasteiger partial charge on any atom is 0.175 e. The van der Waals surface area contributed by atoms with E-state index < -0.39 is 12.0 Å². The van der Waals surface area contributed by atoms with Crippen LogP contribution >= 0.6 is 0 Å². The molecular weight excluding hydrogens is 527 g/mol. The van der Waals surface area contributed by atoms with Gasteiger partial charge in [0, 0.05) is 74.3 Å². The number of pyridine rings is 1. The number of nitrogens with zero attached hydrogens (tertiary/aromatic N) is 5. The zero-order valence-electron chi connectivity index (χ0n) is 23.3. The number of alkyl halides is 1. The molecule has 41 heavy (non-hydrogen) atoms. The predicted molar refractivity (Wildman–Crippen MR) is 153 cm³/mol. The Morgan fingerprint density at radius 3 is 2.66 bits per heavy atom. The summed E-state index contributed by atoms with van der Waals surface area (Å²) in [6.45, 7) is 5.98. The van der Waals surface area contributed by atoms with E-state index in [4.69, 9.17) is 4.98 Å². The third-order valence-corrected chi connectivity index (χ3v) is 9.17. The second-order valence-corrected chi connectivity index (χ2v) is 11.9. The summed E-state index contributed by atoms with van der Waals surface area (Å²) in [4.78, 5) is 18.3.